The molecule has 0 fully saturated rings. The number of phenols is 2. The Morgan fingerprint density at radius 2 is 1.41 bits per heavy atom. The van der Waals surface area contributed by atoms with Crippen molar-refractivity contribution in [3.05, 3.63) is 59.9 Å². The number of nitrogens with two attached hydrogens (primary N) is 1. The summed E-state index contributed by atoms with van der Waals surface area (Å²) in [6.07, 6.45) is 0. The number of azo groups is 1. The maximum Gasteiger partial charge on any atom is 0.295 e. The average molecular weight is 618 g/mol. The quantitative estimate of drug-likeness (QED) is 0.114. The molecule has 1 heterocycles. The monoisotopic (exact) mass is 617 g/mol. The van der Waals surface area contributed by atoms with Gasteiger partial charge in [0.1, 0.15) is 16.3 Å². The van der Waals surface area contributed by atoms with Gasteiger partial charge in [0.25, 0.3) is 20.2 Å². The summed E-state index contributed by atoms with van der Waals surface area (Å²) in [5.41, 5.74) is 5.14. The van der Waals surface area contributed by atoms with Crippen molar-refractivity contribution in [3.63, 3.8) is 0 Å². The minimum Gasteiger partial charge on any atom is -0.505 e. The fourth-order valence-corrected chi connectivity index (χ4v) is 5.43. The molecule has 5 aromatic rings. The van der Waals surface area contributed by atoms with Crippen LogP contribution in [0.25, 0.3) is 21.5 Å². The molecule has 0 aliphatic rings. The Balaban J connectivity index is 1.66. The second-order valence-electron chi connectivity index (χ2n) is 8.35. The van der Waals surface area contributed by atoms with Crippen LogP contribution in [0.4, 0.5) is 29.0 Å². The summed E-state index contributed by atoms with van der Waals surface area (Å²) in [7, 11) is -9.37. The normalized spacial score (nSPS) is 12.4. The van der Waals surface area contributed by atoms with Crippen molar-refractivity contribution in [2.24, 2.45) is 10.2 Å². The van der Waals surface area contributed by atoms with E-state index in [1.807, 2.05) is 0 Å². The van der Waals surface area contributed by atoms with E-state index in [0.717, 1.165) is 18.2 Å². The number of hydrogen-bond donors (Lipinski definition) is 6. The number of aromatic hydroxyl groups is 2. The summed E-state index contributed by atoms with van der Waals surface area (Å²) in [6.45, 7) is 0. The highest BCUT2D eigenvalue weighted by Crippen LogP contribution is 2.43. The number of halogens is 1. The Bertz CT molecular complexity index is 2120. The molecule has 0 amide bonds. The van der Waals surface area contributed by atoms with Crippen LogP contribution < -0.4 is 11.1 Å². The topological polar surface area (TPSA) is 251 Å². The lowest BCUT2D eigenvalue weighted by molar-refractivity contribution is 0.474. The standard InChI is InChI=1S/C23H16ClN7O8S2/c24-21-27-22(25)29-23(28-21)26-15-9-12(40(34,35)36)8-11-5-7-13(19(32)17(11)15)30-31-14-6-4-10-2-1-3-16(41(37,38)39)18(10)20(14)33/h1-9,32-33H,(H,34,35,36)(H,37,38,39)(H3,25,26,27,28,29). The molecule has 18 heteroatoms. The third-order valence-electron chi connectivity index (χ3n) is 5.71. The van der Waals surface area contributed by atoms with Crippen molar-refractivity contribution in [1.82, 2.24) is 15.0 Å². The lowest BCUT2D eigenvalue weighted by atomic mass is 10.1. The second kappa shape index (κ2) is 10.1. The first-order valence-corrected chi connectivity index (χ1v) is 14.3. The van der Waals surface area contributed by atoms with Crippen molar-refractivity contribution in [1.29, 1.82) is 0 Å². The number of nitrogen functional groups attached to an aromatic ring is 1. The number of benzene rings is 4. The molecule has 0 atom stereocenters. The number of nitrogens with one attached hydrogen (secondary N) is 1. The zero-order valence-electron chi connectivity index (χ0n) is 20.1. The van der Waals surface area contributed by atoms with Gasteiger partial charge >= 0.3 is 0 Å². The fourth-order valence-electron chi connectivity index (χ4n) is 4.00. The summed E-state index contributed by atoms with van der Waals surface area (Å²) >= 11 is 5.82. The van der Waals surface area contributed by atoms with E-state index in [-0.39, 0.29) is 50.4 Å². The molecule has 0 aliphatic heterocycles. The molecular formula is C23H16ClN7O8S2. The lowest BCUT2D eigenvalue weighted by Crippen LogP contribution is -2.05. The molecule has 0 radical (unpaired) electrons. The van der Waals surface area contributed by atoms with Gasteiger partial charge in [0.15, 0.2) is 11.5 Å². The molecule has 0 unspecified atom stereocenters. The Morgan fingerprint density at radius 1 is 0.780 bits per heavy atom. The molecule has 1 aromatic heterocycles. The molecule has 4 aromatic carbocycles. The highest BCUT2D eigenvalue weighted by molar-refractivity contribution is 7.86. The molecule has 15 nitrogen and oxygen atoms in total. The first-order valence-electron chi connectivity index (χ1n) is 11.1. The van der Waals surface area contributed by atoms with Gasteiger partial charge in [-0.2, -0.15) is 31.8 Å². The number of nitrogens with zero attached hydrogens (tertiary/aromatic N) is 5. The Hall–Kier alpha value is -4.68. The first kappa shape index (κ1) is 27.9. The molecule has 0 aliphatic carbocycles. The van der Waals surface area contributed by atoms with Gasteiger partial charge in [-0.25, -0.2) is 0 Å². The van der Waals surface area contributed by atoms with Crippen LogP contribution in [-0.2, 0) is 20.2 Å². The van der Waals surface area contributed by atoms with Gasteiger partial charge in [-0.3, -0.25) is 9.11 Å². The summed E-state index contributed by atoms with van der Waals surface area (Å²) in [4.78, 5) is 10.3. The number of anilines is 3. The number of rotatable bonds is 6. The average Bonchev–Trinajstić information content (AvgIpc) is 2.87. The van der Waals surface area contributed by atoms with Crippen LogP contribution in [0.2, 0.25) is 5.28 Å². The fraction of sp³-hybridized carbons (Fsp3) is 0. The van der Waals surface area contributed by atoms with E-state index in [0.29, 0.717) is 5.39 Å². The predicted molar refractivity (Wildman–Crippen MR) is 148 cm³/mol. The molecule has 5 rings (SSSR count). The second-order valence-corrected chi connectivity index (χ2v) is 11.5. The van der Waals surface area contributed by atoms with Crippen LogP contribution >= 0.6 is 11.6 Å². The minimum absolute atomic E-state index is 0.000324. The Morgan fingerprint density at radius 3 is 2.02 bits per heavy atom. The molecule has 0 saturated carbocycles. The smallest absolute Gasteiger partial charge is 0.295 e. The maximum atomic E-state index is 11.9. The number of hydrogen-bond acceptors (Lipinski definition) is 13. The minimum atomic E-state index is -4.69. The molecule has 0 spiro atoms. The van der Waals surface area contributed by atoms with E-state index >= 15 is 0 Å². The van der Waals surface area contributed by atoms with Crippen LogP contribution in [0, 0.1) is 0 Å². The first-order chi connectivity index (χ1) is 19.2. The Kier molecular flexibility index (Phi) is 6.84. The van der Waals surface area contributed by atoms with Crippen molar-refractivity contribution >= 4 is 82.3 Å². The van der Waals surface area contributed by atoms with E-state index in [1.54, 1.807) is 0 Å². The van der Waals surface area contributed by atoms with Crippen molar-refractivity contribution in [2.75, 3.05) is 11.1 Å². The van der Waals surface area contributed by atoms with Crippen molar-refractivity contribution in [3.8, 4) is 11.5 Å². The molecule has 41 heavy (non-hydrogen) atoms. The van der Waals surface area contributed by atoms with Gasteiger partial charge in [0.05, 0.1) is 10.6 Å². The summed E-state index contributed by atoms with van der Waals surface area (Å²) in [5, 5.41) is 32.4. The van der Waals surface area contributed by atoms with Gasteiger partial charge in [0, 0.05) is 10.8 Å². The van der Waals surface area contributed by atoms with Gasteiger partial charge in [-0.15, -0.1) is 10.2 Å². The third-order valence-corrected chi connectivity index (χ3v) is 7.61. The van der Waals surface area contributed by atoms with Gasteiger partial charge in [-0.1, -0.05) is 24.3 Å². The summed E-state index contributed by atoms with van der Waals surface area (Å²) in [6, 6.07) is 11.5. The third kappa shape index (κ3) is 5.52. The Labute approximate surface area is 235 Å². The number of aromatic nitrogens is 3. The van der Waals surface area contributed by atoms with E-state index in [2.05, 4.69) is 30.5 Å². The molecule has 0 bridgehead atoms. The van der Waals surface area contributed by atoms with Crippen molar-refractivity contribution in [2.45, 2.75) is 9.79 Å². The van der Waals surface area contributed by atoms with E-state index in [1.165, 1.54) is 36.4 Å². The van der Waals surface area contributed by atoms with E-state index < -0.39 is 41.5 Å². The van der Waals surface area contributed by atoms with E-state index in [9.17, 15) is 36.2 Å². The molecule has 7 N–H and O–H groups in total. The van der Waals surface area contributed by atoms with Crippen LogP contribution in [0.3, 0.4) is 0 Å². The molecular weight excluding hydrogens is 602 g/mol. The summed E-state index contributed by atoms with van der Waals surface area (Å²) < 4.78 is 66.6. The van der Waals surface area contributed by atoms with Crippen LogP contribution in [0.15, 0.2) is 74.6 Å². The van der Waals surface area contributed by atoms with Crippen molar-refractivity contribution < 1.29 is 36.2 Å². The van der Waals surface area contributed by atoms with E-state index in [4.69, 9.17) is 17.3 Å². The van der Waals surface area contributed by atoms with Gasteiger partial charge in [0.2, 0.25) is 17.2 Å². The zero-order valence-corrected chi connectivity index (χ0v) is 22.5. The number of fused-ring (bicyclic) bond motifs is 2. The highest BCUT2D eigenvalue weighted by atomic mass is 35.5. The molecule has 0 saturated heterocycles. The van der Waals surface area contributed by atoms with Crippen LogP contribution in [0.1, 0.15) is 0 Å². The SMILES string of the molecule is Nc1nc(Cl)nc(Nc2cc(S(=O)(=O)O)cc3ccc(N=Nc4ccc5cccc(S(=O)(=O)O)c5c4O)c(O)c23)n1. The maximum absolute atomic E-state index is 11.9. The largest absolute Gasteiger partial charge is 0.505 e. The van der Waals surface area contributed by atoms with Gasteiger partial charge in [-0.05, 0) is 52.7 Å². The number of phenolic OH excluding ortho intramolecular Hbond substituents is 2. The van der Waals surface area contributed by atoms with Gasteiger partial charge < -0.3 is 21.3 Å². The molecule has 210 valence electrons. The summed E-state index contributed by atoms with van der Waals surface area (Å²) in [5.74, 6) is -1.57. The lowest BCUT2D eigenvalue weighted by Gasteiger charge is -2.13. The van der Waals surface area contributed by atoms with Crippen LogP contribution in [-0.4, -0.2) is 51.1 Å². The predicted octanol–water partition coefficient (Wildman–Crippen LogP) is 4.48. The zero-order chi connectivity index (χ0) is 29.7. The highest BCUT2D eigenvalue weighted by Gasteiger charge is 2.20. The van der Waals surface area contributed by atoms with Crippen LogP contribution in [0.5, 0.6) is 11.5 Å².